The molecule has 0 aromatic heterocycles. The van der Waals surface area contributed by atoms with Crippen LogP contribution in [0.2, 0.25) is 0 Å². The van der Waals surface area contributed by atoms with Gasteiger partial charge in [0.2, 0.25) is 11.8 Å². The Bertz CT molecular complexity index is 607. The average Bonchev–Trinajstić information content (AvgIpc) is 2.58. The van der Waals surface area contributed by atoms with E-state index in [-0.39, 0.29) is 18.4 Å². The first-order chi connectivity index (χ1) is 11.1. The maximum absolute atomic E-state index is 12.2. The highest BCUT2D eigenvalue weighted by atomic mass is 16.5. The summed E-state index contributed by atoms with van der Waals surface area (Å²) in [6, 6.07) is 6.49. The fourth-order valence-corrected chi connectivity index (χ4v) is 3.20. The van der Waals surface area contributed by atoms with Crippen molar-refractivity contribution in [3.8, 4) is 5.75 Å². The number of hydrogen-bond acceptors (Lipinski definition) is 5. The third-order valence-electron chi connectivity index (χ3n) is 4.43. The van der Waals surface area contributed by atoms with Gasteiger partial charge in [-0.25, -0.2) is 0 Å². The highest BCUT2D eigenvalue weighted by Crippen LogP contribution is 2.22. The first-order valence-electron chi connectivity index (χ1n) is 7.70. The summed E-state index contributed by atoms with van der Waals surface area (Å²) in [6.07, 6.45) is 0. The van der Waals surface area contributed by atoms with E-state index in [4.69, 9.17) is 4.74 Å². The molecule has 0 saturated carbocycles. The molecule has 0 aliphatic carbocycles. The van der Waals surface area contributed by atoms with E-state index in [0.29, 0.717) is 26.2 Å². The lowest BCUT2D eigenvalue weighted by Gasteiger charge is -2.45. The van der Waals surface area contributed by atoms with Crippen LogP contribution in [0.15, 0.2) is 24.3 Å². The van der Waals surface area contributed by atoms with E-state index in [1.807, 2.05) is 24.3 Å². The molecule has 0 unspecified atom stereocenters. The summed E-state index contributed by atoms with van der Waals surface area (Å²) < 4.78 is 5.36. The second kappa shape index (κ2) is 6.55. The summed E-state index contributed by atoms with van der Waals surface area (Å²) in [5.41, 5.74) is 1.05. The molecule has 2 fully saturated rings. The molecule has 3 rings (SSSR count). The molecule has 0 radical (unpaired) electrons. The van der Waals surface area contributed by atoms with Crippen molar-refractivity contribution in [2.75, 3.05) is 33.4 Å². The molecule has 2 N–H and O–H groups in total. The number of nitrogens with one attached hydrogen (secondary N) is 1. The van der Waals surface area contributed by atoms with Crippen LogP contribution in [0.5, 0.6) is 5.75 Å². The molecule has 2 aliphatic heterocycles. The van der Waals surface area contributed by atoms with Crippen molar-refractivity contribution in [2.24, 2.45) is 0 Å². The maximum atomic E-state index is 12.2. The van der Waals surface area contributed by atoms with Gasteiger partial charge in [0.1, 0.15) is 17.8 Å². The van der Waals surface area contributed by atoms with Gasteiger partial charge in [-0.05, 0) is 6.07 Å². The Balaban J connectivity index is 1.70. The number of piperazine rings is 2. The van der Waals surface area contributed by atoms with E-state index in [1.165, 1.54) is 0 Å². The molecule has 2 saturated heterocycles. The van der Waals surface area contributed by atoms with Crippen molar-refractivity contribution in [1.29, 1.82) is 0 Å². The van der Waals surface area contributed by atoms with Gasteiger partial charge in [-0.2, -0.15) is 0 Å². The molecule has 1 aromatic carbocycles. The molecule has 2 amide bonds. The van der Waals surface area contributed by atoms with Crippen molar-refractivity contribution in [2.45, 2.75) is 18.6 Å². The summed E-state index contributed by atoms with van der Waals surface area (Å²) in [5, 5.41) is 11.8. The van der Waals surface area contributed by atoms with Crippen LogP contribution in [-0.4, -0.2) is 72.2 Å². The lowest BCUT2D eigenvalue weighted by atomic mass is 10.0. The molecule has 0 spiro atoms. The van der Waals surface area contributed by atoms with Crippen molar-refractivity contribution < 1.29 is 19.4 Å². The Morgan fingerprint density at radius 1 is 1.30 bits per heavy atom. The summed E-state index contributed by atoms with van der Waals surface area (Å²) >= 11 is 0. The minimum Gasteiger partial charge on any atom is -0.496 e. The van der Waals surface area contributed by atoms with E-state index >= 15 is 0 Å². The third-order valence-corrected chi connectivity index (χ3v) is 4.43. The molecule has 2 aliphatic rings. The van der Waals surface area contributed by atoms with Crippen LogP contribution in [0.25, 0.3) is 0 Å². The Morgan fingerprint density at radius 2 is 2.09 bits per heavy atom. The van der Waals surface area contributed by atoms with Crippen LogP contribution in [0.4, 0.5) is 0 Å². The van der Waals surface area contributed by atoms with Gasteiger partial charge in [-0.3, -0.25) is 14.5 Å². The monoisotopic (exact) mass is 319 g/mol. The molecule has 7 heteroatoms. The number of carbonyl (C=O) groups is 2. The molecular formula is C16H21N3O4. The Morgan fingerprint density at radius 3 is 2.83 bits per heavy atom. The van der Waals surface area contributed by atoms with E-state index < -0.39 is 12.1 Å². The fraction of sp³-hybridized carbons (Fsp3) is 0.500. The van der Waals surface area contributed by atoms with Crippen molar-refractivity contribution in [3.05, 3.63) is 29.8 Å². The van der Waals surface area contributed by atoms with Crippen molar-refractivity contribution >= 4 is 11.8 Å². The standard InChI is InChI=1S/C16H21N3O4/c1-23-14-5-3-2-4-11(14)8-18-6-7-19-13(9-18)15(21)17-12(10-20)16(19)22/h2-5,12-13,20H,6-10H2,1H3,(H,17,21)/t12-,13-/m1/s1. The Kier molecular flexibility index (Phi) is 4.49. The van der Waals surface area contributed by atoms with Crippen LogP contribution in [0.1, 0.15) is 5.56 Å². The van der Waals surface area contributed by atoms with E-state index in [9.17, 15) is 14.7 Å². The number of ether oxygens (including phenoxy) is 1. The smallest absolute Gasteiger partial charge is 0.248 e. The quantitative estimate of drug-likeness (QED) is 0.759. The number of aliphatic hydroxyl groups excluding tert-OH is 1. The van der Waals surface area contributed by atoms with Gasteiger partial charge in [0.25, 0.3) is 0 Å². The number of methoxy groups -OCH3 is 1. The summed E-state index contributed by atoms with van der Waals surface area (Å²) in [4.78, 5) is 28.1. The summed E-state index contributed by atoms with van der Waals surface area (Å²) in [6.45, 7) is 1.96. The van der Waals surface area contributed by atoms with Gasteiger partial charge in [0.15, 0.2) is 0 Å². The van der Waals surface area contributed by atoms with Crippen molar-refractivity contribution in [3.63, 3.8) is 0 Å². The van der Waals surface area contributed by atoms with Crippen molar-refractivity contribution in [1.82, 2.24) is 15.1 Å². The fourth-order valence-electron chi connectivity index (χ4n) is 3.20. The number of carbonyl (C=O) groups excluding carboxylic acids is 2. The highest BCUT2D eigenvalue weighted by Gasteiger charge is 2.43. The van der Waals surface area contributed by atoms with Gasteiger partial charge in [-0.15, -0.1) is 0 Å². The highest BCUT2D eigenvalue weighted by molar-refractivity contribution is 5.97. The largest absolute Gasteiger partial charge is 0.496 e. The molecule has 2 atom stereocenters. The van der Waals surface area contributed by atoms with E-state index in [2.05, 4.69) is 10.2 Å². The normalized spacial score (nSPS) is 25.0. The second-order valence-corrected chi connectivity index (χ2v) is 5.84. The predicted octanol–water partition coefficient (Wildman–Crippen LogP) is -0.801. The average molecular weight is 319 g/mol. The molecule has 23 heavy (non-hydrogen) atoms. The lowest BCUT2D eigenvalue weighted by Crippen LogP contribution is -2.69. The van der Waals surface area contributed by atoms with E-state index in [1.54, 1.807) is 12.0 Å². The minimum absolute atomic E-state index is 0.200. The van der Waals surface area contributed by atoms with Gasteiger partial charge in [0.05, 0.1) is 13.7 Å². The first kappa shape index (κ1) is 15.8. The number of fused-ring (bicyclic) bond motifs is 1. The molecule has 0 bridgehead atoms. The summed E-state index contributed by atoms with van der Waals surface area (Å²) in [5.74, 6) is 0.418. The molecule has 2 heterocycles. The number of aliphatic hydroxyl groups is 1. The molecule has 1 aromatic rings. The van der Waals surface area contributed by atoms with Gasteiger partial charge >= 0.3 is 0 Å². The molecular weight excluding hydrogens is 298 g/mol. The third kappa shape index (κ3) is 3.02. The number of benzene rings is 1. The zero-order chi connectivity index (χ0) is 16.4. The van der Waals surface area contributed by atoms with Crippen LogP contribution in [0, 0.1) is 0 Å². The van der Waals surface area contributed by atoms with Gasteiger partial charge in [-0.1, -0.05) is 18.2 Å². The number of para-hydroxylation sites is 1. The van der Waals surface area contributed by atoms with E-state index in [0.717, 1.165) is 11.3 Å². The second-order valence-electron chi connectivity index (χ2n) is 5.84. The number of rotatable bonds is 4. The minimum atomic E-state index is -0.806. The number of hydrogen-bond donors (Lipinski definition) is 2. The lowest BCUT2D eigenvalue weighted by molar-refractivity contribution is -0.154. The Hall–Kier alpha value is -2.12. The maximum Gasteiger partial charge on any atom is 0.248 e. The van der Waals surface area contributed by atoms with Crippen LogP contribution in [0.3, 0.4) is 0 Å². The Labute approximate surface area is 134 Å². The number of nitrogens with zero attached hydrogens (tertiary/aromatic N) is 2. The zero-order valence-electron chi connectivity index (χ0n) is 13.1. The molecule has 124 valence electrons. The SMILES string of the molecule is COc1ccccc1CN1CCN2C(=O)[C@@H](CO)NC(=O)[C@H]2C1. The van der Waals surface area contributed by atoms with Gasteiger partial charge in [0, 0.05) is 31.7 Å². The number of amides is 2. The van der Waals surface area contributed by atoms with Gasteiger partial charge < -0.3 is 20.1 Å². The predicted molar refractivity (Wildman–Crippen MR) is 82.8 cm³/mol. The summed E-state index contributed by atoms with van der Waals surface area (Å²) in [7, 11) is 1.64. The van der Waals surface area contributed by atoms with Crippen LogP contribution < -0.4 is 10.1 Å². The topological polar surface area (TPSA) is 82.1 Å². The molecule has 7 nitrogen and oxygen atoms in total. The van der Waals surface area contributed by atoms with Crippen LogP contribution >= 0.6 is 0 Å². The zero-order valence-corrected chi connectivity index (χ0v) is 13.1. The first-order valence-corrected chi connectivity index (χ1v) is 7.70. The van der Waals surface area contributed by atoms with Crippen LogP contribution in [-0.2, 0) is 16.1 Å².